The Hall–Kier alpha value is 0.606. The second-order valence-corrected chi connectivity index (χ2v) is 0.813. The Labute approximate surface area is 70.8 Å². The summed E-state index contributed by atoms with van der Waals surface area (Å²) in [5, 5.41) is 17.6. The van der Waals surface area contributed by atoms with Gasteiger partial charge in [0.05, 0.1) is 0 Å². The Balaban J connectivity index is -0.0000000720. The molecule has 0 N–H and O–H groups in total. The molecular weight excluding hydrogens is 136 g/mol. The summed E-state index contributed by atoms with van der Waals surface area (Å²) in [5.74, 6) is 0. The van der Waals surface area contributed by atoms with Crippen LogP contribution in [0.5, 0.6) is 0 Å². The molecule has 0 aliphatic heterocycles. The van der Waals surface area contributed by atoms with Crippen LogP contribution in [0, 0.1) is 0 Å². The molecule has 0 aromatic heterocycles. The van der Waals surface area contributed by atoms with E-state index in [1.165, 1.54) is 0 Å². The summed E-state index contributed by atoms with van der Waals surface area (Å²) in [6.45, 7) is 3.82. The Bertz CT molecular complexity index is 20.5. The van der Waals surface area contributed by atoms with Gasteiger partial charge >= 0.3 is 23.1 Å². The number of rotatable bonds is 2. The van der Waals surface area contributed by atoms with E-state index in [0.29, 0.717) is 0 Å². The summed E-state index contributed by atoms with van der Waals surface area (Å²) in [7, 11) is 0. The fourth-order valence-electron chi connectivity index (χ4n) is 0. The van der Waals surface area contributed by atoms with Crippen LogP contribution >= 0.6 is 0 Å². The number of hydrogen-bond acceptors (Lipinski definition) is 4. The molecular formula is C4H10MgO4. The van der Waals surface area contributed by atoms with Crippen LogP contribution in [0.3, 0.4) is 0 Å². The quantitative estimate of drug-likeness (QED) is 0.262. The van der Waals surface area contributed by atoms with E-state index in [0.717, 1.165) is 0 Å². The maximum atomic E-state index is 8.80. The van der Waals surface area contributed by atoms with Crippen molar-refractivity contribution in [1.29, 1.82) is 0 Å². The van der Waals surface area contributed by atoms with E-state index in [9.17, 15) is 0 Å². The Morgan fingerprint density at radius 3 is 1.11 bits per heavy atom. The van der Waals surface area contributed by atoms with Crippen molar-refractivity contribution in [1.82, 2.24) is 0 Å². The van der Waals surface area contributed by atoms with Gasteiger partial charge in [-0.2, -0.15) is 0 Å². The van der Waals surface area contributed by atoms with Gasteiger partial charge in [-0.1, -0.05) is 0 Å². The summed E-state index contributed by atoms with van der Waals surface area (Å²) < 4.78 is 0. The molecule has 5 heteroatoms. The number of hydrogen-bond donors (Lipinski definition) is 0. The molecule has 0 atom stereocenters. The molecule has 0 aliphatic rings. The predicted octanol–water partition coefficient (Wildman–Crippen LogP) is -1.78. The second-order valence-electron chi connectivity index (χ2n) is 0.813. The molecule has 0 saturated carbocycles. The van der Waals surface area contributed by atoms with Gasteiger partial charge in [0.1, 0.15) is 0 Å². The molecule has 9 heavy (non-hydrogen) atoms. The molecule has 0 aliphatic carbocycles. The average Bonchev–Trinajstić information content (AvgIpc) is 1.88. The molecule has 0 aromatic carbocycles. The van der Waals surface area contributed by atoms with Crippen LogP contribution in [0.25, 0.3) is 0 Å². The van der Waals surface area contributed by atoms with E-state index >= 15 is 0 Å². The first kappa shape index (κ1) is 16.3. The molecule has 0 rings (SSSR count). The van der Waals surface area contributed by atoms with Crippen LogP contribution in [0.15, 0.2) is 0 Å². The zero-order chi connectivity index (χ0) is 6.83. The first-order valence-corrected chi connectivity index (χ1v) is 2.32. The maximum Gasteiger partial charge on any atom is 2.00 e. The molecule has 0 heterocycles. The van der Waals surface area contributed by atoms with E-state index in [-0.39, 0.29) is 36.3 Å². The van der Waals surface area contributed by atoms with Crippen LogP contribution in [0.2, 0.25) is 0 Å². The third kappa shape index (κ3) is 55.3. The van der Waals surface area contributed by atoms with Gasteiger partial charge < -0.3 is 20.3 Å². The molecule has 0 aromatic rings. The summed E-state index contributed by atoms with van der Waals surface area (Å²) in [6, 6.07) is 0. The van der Waals surface area contributed by atoms with Crippen LogP contribution < -0.4 is 10.5 Å². The summed E-state index contributed by atoms with van der Waals surface area (Å²) in [5.41, 5.74) is 0. The first-order chi connectivity index (χ1) is 3.83. The molecule has 0 spiro atoms. The molecule has 0 amide bonds. The molecule has 4 nitrogen and oxygen atoms in total. The minimum Gasteiger partial charge on any atom is -0.723 e. The van der Waals surface area contributed by atoms with Crippen molar-refractivity contribution in [3.63, 3.8) is 0 Å². The summed E-state index contributed by atoms with van der Waals surface area (Å²) >= 11 is 0. The van der Waals surface area contributed by atoms with Crippen molar-refractivity contribution in [3.8, 4) is 0 Å². The van der Waals surface area contributed by atoms with Gasteiger partial charge in [-0.05, 0) is 13.8 Å². The monoisotopic (exact) mass is 146 g/mol. The first-order valence-electron chi connectivity index (χ1n) is 2.32. The third-order valence-corrected chi connectivity index (χ3v) is 0.236. The van der Waals surface area contributed by atoms with Crippen LogP contribution in [0.4, 0.5) is 0 Å². The fraction of sp³-hybridized carbons (Fsp3) is 1.00. The van der Waals surface area contributed by atoms with Crippen LogP contribution in [-0.2, 0) is 9.78 Å². The zero-order valence-electron chi connectivity index (χ0n) is 5.75. The smallest absolute Gasteiger partial charge is 0.723 e. The van der Waals surface area contributed by atoms with Gasteiger partial charge in [-0.25, -0.2) is 0 Å². The van der Waals surface area contributed by atoms with Gasteiger partial charge in [0, 0.05) is 13.2 Å². The second kappa shape index (κ2) is 23.5. The van der Waals surface area contributed by atoms with Gasteiger partial charge in [0.25, 0.3) is 0 Å². The minimum atomic E-state index is 0. The predicted molar refractivity (Wildman–Crippen MR) is 29.0 cm³/mol. The Kier molecular flexibility index (Phi) is 42.5. The van der Waals surface area contributed by atoms with E-state index in [4.69, 9.17) is 10.5 Å². The normalized spacial score (nSPS) is 6.67. The summed E-state index contributed by atoms with van der Waals surface area (Å²) in [4.78, 5) is 6.58. The van der Waals surface area contributed by atoms with E-state index in [1.54, 1.807) is 13.8 Å². The average molecular weight is 146 g/mol. The molecule has 0 radical (unpaired) electrons. The van der Waals surface area contributed by atoms with Gasteiger partial charge in [0.15, 0.2) is 0 Å². The minimum absolute atomic E-state index is 0. The molecule has 0 saturated heterocycles. The van der Waals surface area contributed by atoms with E-state index in [1.807, 2.05) is 0 Å². The fourth-order valence-corrected chi connectivity index (χ4v) is 0. The Morgan fingerprint density at radius 2 is 1.11 bits per heavy atom. The van der Waals surface area contributed by atoms with Crippen molar-refractivity contribution in [3.05, 3.63) is 0 Å². The van der Waals surface area contributed by atoms with E-state index in [2.05, 4.69) is 9.78 Å². The van der Waals surface area contributed by atoms with E-state index < -0.39 is 0 Å². The summed E-state index contributed by atoms with van der Waals surface area (Å²) in [6.07, 6.45) is 0. The largest absolute Gasteiger partial charge is 2.00 e. The maximum absolute atomic E-state index is 8.80. The molecule has 0 unspecified atom stereocenters. The van der Waals surface area contributed by atoms with Crippen molar-refractivity contribution in [2.45, 2.75) is 13.8 Å². The molecule has 52 valence electrons. The SMILES string of the molecule is CCO[O-].CCO[O-].[Mg+2]. The topological polar surface area (TPSA) is 64.6 Å². The van der Waals surface area contributed by atoms with Crippen LogP contribution in [-0.4, -0.2) is 36.3 Å². The van der Waals surface area contributed by atoms with Gasteiger partial charge in [-0.15, -0.1) is 0 Å². The van der Waals surface area contributed by atoms with Crippen molar-refractivity contribution < 1.29 is 20.3 Å². The molecule has 0 fully saturated rings. The standard InChI is InChI=1S/2C2H6O2.Mg/c2*1-2-4-3;/h2*3H,2H2,1H3;/q;;+2/p-2. The van der Waals surface area contributed by atoms with Crippen LogP contribution in [0.1, 0.15) is 13.8 Å². The molecule has 0 bridgehead atoms. The van der Waals surface area contributed by atoms with Crippen molar-refractivity contribution >= 4 is 23.1 Å². The van der Waals surface area contributed by atoms with Gasteiger partial charge in [-0.3, -0.25) is 0 Å². The van der Waals surface area contributed by atoms with Gasteiger partial charge in [0.2, 0.25) is 0 Å². The zero-order valence-corrected chi connectivity index (χ0v) is 7.17. The van der Waals surface area contributed by atoms with Crippen molar-refractivity contribution in [2.24, 2.45) is 0 Å². The Morgan fingerprint density at radius 1 is 1.00 bits per heavy atom. The third-order valence-electron chi connectivity index (χ3n) is 0.236. The van der Waals surface area contributed by atoms with Crippen molar-refractivity contribution in [2.75, 3.05) is 13.2 Å².